The zero-order valence-corrected chi connectivity index (χ0v) is 17.6. The molecule has 3 aromatic rings. The quantitative estimate of drug-likeness (QED) is 0.633. The van der Waals surface area contributed by atoms with Crippen LogP contribution in [-0.2, 0) is 17.9 Å². The number of carbonyl (C=O) groups excluding carboxylic acids is 2. The molecule has 0 bridgehead atoms. The number of anilines is 1. The molecule has 2 heterocycles. The first-order valence-corrected chi connectivity index (χ1v) is 9.85. The van der Waals surface area contributed by atoms with Gasteiger partial charge in [-0.3, -0.25) is 9.59 Å². The van der Waals surface area contributed by atoms with Gasteiger partial charge in [-0.15, -0.1) is 5.10 Å². The zero-order valence-electron chi connectivity index (χ0n) is 17.6. The van der Waals surface area contributed by atoms with Crippen LogP contribution < -0.4 is 20.1 Å². The van der Waals surface area contributed by atoms with E-state index in [9.17, 15) is 9.59 Å². The SMILES string of the molecule is Cc1cccc(NC(=O)c2nnn(CC(=O)NCc3ccc4c(c3)OCO4)c2C)c1C. The summed E-state index contributed by atoms with van der Waals surface area (Å²) in [7, 11) is 0. The minimum atomic E-state index is -0.363. The number of aryl methyl sites for hydroxylation is 1. The summed E-state index contributed by atoms with van der Waals surface area (Å²) < 4.78 is 12.0. The highest BCUT2D eigenvalue weighted by Gasteiger charge is 2.19. The minimum absolute atomic E-state index is 0.0415. The molecule has 9 nitrogen and oxygen atoms in total. The molecule has 0 saturated carbocycles. The van der Waals surface area contributed by atoms with Gasteiger partial charge in [0.05, 0.1) is 5.69 Å². The molecule has 2 amide bonds. The predicted octanol–water partition coefficient (Wildman–Crippen LogP) is 2.50. The van der Waals surface area contributed by atoms with E-state index in [0.717, 1.165) is 22.4 Å². The molecule has 0 atom stereocenters. The van der Waals surface area contributed by atoms with E-state index in [-0.39, 0.29) is 30.8 Å². The lowest BCUT2D eigenvalue weighted by Gasteiger charge is -2.10. The summed E-state index contributed by atoms with van der Waals surface area (Å²) in [5.41, 5.74) is 4.38. The third-order valence-corrected chi connectivity index (χ3v) is 5.27. The Morgan fingerprint density at radius 1 is 1.10 bits per heavy atom. The lowest BCUT2D eigenvalue weighted by molar-refractivity contribution is -0.122. The van der Waals surface area contributed by atoms with Crippen molar-refractivity contribution in [3.8, 4) is 11.5 Å². The largest absolute Gasteiger partial charge is 0.454 e. The number of benzene rings is 2. The van der Waals surface area contributed by atoms with Gasteiger partial charge in [0, 0.05) is 12.2 Å². The molecule has 160 valence electrons. The van der Waals surface area contributed by atoms with Crippen molar-refractivity contribution in [1.29, 1.82) is 0 Å². The molecule has 0 aliphatic carbocycles. The van der Waals surface area contributed by atoms with Crippen LogP contribution in [0.3, 0.4) is 0 Å². The molecule has 1 aromatic heterocycles. The van der Waals surface area contributed by atoms with Crippen LogP contribution in [0.15, 0.2) is 36.4 Å². The van der Waals surface area contributed by atoms with Gasteiger partial charge in [-0.05, 0) is 55.7 Å². The molecule has 31 heavy (non-hydrogen) atoms. The monoisotopic (exact) mass is 421 g/mol. The van der Waals surface area contributed by atoms with Crippen LogP contribution in [-0.4, -0.2) is 33.6 Å². The van der Waals surface area contributed by atoms with E-state index in [1.807, 2.05) is 50.2 Å². The Morgan fingerprint density at radius 3 is 2.74 bits per heavy atom. The molecule has 2 N–H and O–H groups in total. The maximum atomic E-state index is 12.7. The van der Waals surface area contributed by atoms with Crippen molar-refractivity contribution in [2.24, 2.45) is 0 Å². The first-order valence-electron chi connectivity index (χ1n) is 9.85. The number of ether oxygens (including phenoxy) is 2. The Hall–Kier alpha value is -3.88. The first kappa shape index (κ1) is 20.4. The van der Waals surface area contributed by atoms with Crippen LogP contribution >= 0.6 is 0 Å². The highest BCUT2D eigenvalue weighted by atomic mass is 16.7. The maximum Gasteiger partial charge on any atom is 0.278 e. The Balaban J connectivity index is 1.37. The number of hydrogen-bond acceptors (Lipinski definition) is 6. The molecule has 0 radical (unpaired) electrons. The third-order valence-electron chi connectivity index (χ3n) is 5.27. The molecule has 4 rings (SSSR count). The van der Waals surface area contributed by atoms with Gasteiger partial charge in [-0.25, -0.2) is 4.68 Å². The molecule has 1 aliphatic rings. The number of nitrogens with zero attached hydrogens (tertiary/aromatic N) is 3. The molecule has 0 saturated heterocycles. The van der Waals surface area contributed by atoms with Crippen molar-refractivity contribution in [3.05, 3.63) is 64.5 Å². The molecule has 2 aromatic carbocycles. The van der Waals surface area contributed by atoms with Crippen molar-refractivity contribution in [3.63, 3.8) is 0 Å². The van der Waals surface area contributed by atoms with Gasteiger partial charge in [0.15, 0.2) is 17.2 Å². The fourth-order valence-corrected chi connectivity index (χ4v) is 3.23. The number of carbonyl (C=O) groups is 2. The van der Waals surface area contributed by atoms with Crippen LogP contribution in [0.1, 0.15) is 32.9 Å². The number of aromatic nitrogens is 3. The molecule has 9 heteroatoms. The average Bonchev–Trinajstić information content (AvgIpc) is 3.36. The lowest BCUT2D eigenvalue weighted by atomic mass is 10.1. The summed E-state index contributed by atoms with van der Waals surface area (Å²) in [5, 5.41) is 13.6. The van der Waals surface area contributed by atoms with Crippen molar-refractivity contribution >= 4 is 17.5 Å². The number of amides is 2. The van der Waals surface area contributed by atoms with Crippen molar-refractivity contribution in [2.45, 2.75) is 33.9 Å². The Morgan fingerprint density at radius 2 is 1.90 bits per heavy atom. The van der Waals surface area contributed by atoms with E-state index in [4.69, 9.17) is 9.47 Å². The second-order valence-electron chi connectivity index (χ2n) is 7.35. The van der Waals surface area contributed by atoms with E-state index in [2.05, 4.69) is 20.9 Å². The third kappa shape index (κ3) is 4.35. The number of nitrogens with one attached hydrogen (secondary N) is 2. The minimum Gasteiger partial charge on any atom is -0.454 e. The second-order valence-corrected chi connectivity index (χ2v) is 7.35. The maximum absolute atomic E-state index is 12.7. The highest BCUT2D eigenvalue weighted by Crippen LogP contribution is 2.32. The van der Waals surface area contributed by atoms with E-state index in [1.54, 1.807) is 6.92 Å². The lowest BCUT2D eigenvalue weighted by Crippen LogP contribution is -2.28. The summed E-state index contributed by atoms with van der Waals surface area (Å²) in [4.78, 5) is 25.0. The molecular formula is C22H23N5O4. The molecule has 0 unspecified atom stereocenters. The van der Waals surface area contributed by atoms with Crippen molar-refractivity contribution < 1.29 is 19.1 Å². The zero-order chi connectivity index (χ0) is 22.0. The van der Waals surface area contributed by atoms with Gasteiger partial charge < -0.3 is 20.1 Å². The molecule has 1 aliphatic heterocycles. The van der Waals surface area contributed by atoms with E-state index in [0.29, 0.717) is 23.7 Å². The fraction of sp³-hybridized carbons (Fsp3) is 0.273. The Kier molecular flexibility index (Phi) is 5.57. The summed E-state index contributed by atoms with van der Waals surface area (Å²) in [6.07, 6.45) is 0. The molecule has 0 spiro atoms. The predicted molar refractivity (Wildman–Crippen MR) is 113 cm³/mol. The number of hydrogen-bond donors (Lipinski definition) is 2. The number of fused-ring (bicyclic) bond motifs is 1. The van der Waals surface area contributed by atoms with Crippen LogP contribution in [0, 0.1) is 20.8 Å². The summed E-state index contributed by atoms with van der Waals surface area (Å²) in [5.74, 6) is 0.753. The van der Waals surface area contributed by atoms with Crippen LogP contribution in [0.25, 0.3) is 0 Å². The summed E-state index contributed by atoms with van der Waals surface area (Å²) >= 11 is 0. The normalized spacial score (nSPS) is 12.0. The summed E-state index contributed by atoms with van der Waals surface area (Å²) in [6, 6.07) is 11.2. The van der Waals surface area contributed by atoms with Gasteiger partial charge >= 0.3 is 0 Å². The van der Waals surface area contributed by atoms with Crippen LogP contribution in [0.2, 0.25) is 0 Å². The second kappa shape index (κ2) is 8.47. The van der Waals surface area contributed by atoms with Gasteiger partial charge in [0.2, 0.25) is 12.7 Å². The van der Waals surface area contributed by atoms with Crippen LogP contribution in [0.4, 0.5) is 5.69 Å². The fourth-order valence-electron chi connectivity index (χ4n) is 3.23. The number of rotatable bonds is 6. The Labute approximate surface area is 179 Å². The average molecular weight is 421 g/mol. The van der Waals surface area contributed by atoms with Crippen molar-refractivity contribution in [2.75, 3.05) is 12.1 Å². The molecule has 0 fully saturated rings. The van der Waals surface area contributed by atoms with Gasteiger partial charge in [-0.2, -0.15) is 0 Å². The van der Waals surface area contributed by atoms with Gasteiger partial charge in [-0.1, -0.05) is 23.4 Å². The highest BCUT2D eigenvalue weighted by molar-refractivity contribution is 6.04. The molecular weight excluding hydrogens is 398 g/mol. The Bertz CT molecular complexity index is 1150. The van der Waals surface area contributed by atoms with E-state index >= 15 is 0 Å². The topological polar surface area (TPSA) is 107 Å². The van der Waals surface area contributed by atoms with Gasteiger partial charge in [0.25, 0.3) is 5.91 Å². The standard InChI is InChI=1S/C22H23N5O4/c1-13-5-4-6-17(14(13)2)24-22(29)21-15(3)27(26-25-21)11-20(28)23-10-16-7-8-18-19(9-16)31-12-30-18/h4-9H,10-12H2,1-3H3,(H,23,28)(H,24,29). The van der Waals surface area contributed by atoms with E-state index in [1.165, 1.54) is 4.68 Å². The summed E-state index contributed by atoms with van der Waals surface area (Å²) in [6.45, 7) is 6.14. The van der Waals surface area contributed by atoms with E-state index < -0.39 is 0 Å². The smallest absolute Gasteiger partial charge is 0.278 e. The first-order chi connectivity index (χ1) is 14.9. The van der Waals surface area contributed by atoms with Crippen LogP contribution in [0.5, 0.6) is 11.5 Å². The van der Waals surface area contributed by atoms with Gasteiger partial charge in [0.1, 0.15) is 6.54 Å². The van der Waals surface area contributed by atoms with Crippen molar-refractivity contribution in [1.82, 2.24) is 20.3 Å².